The molecule has 2 aromatic rings. The lowest BCUT2D eigenvalue weighted by Gasteiger charge is -2.23. The van der Waals surface area contributed by atoms with E-state index in [4.69, 9.17) is 0 Å². The van der Waals surface area contributed by atoms with Crippen LogP contribution >= 0.6 is 11.8 Å². The number of nitrogens with one attached hydrogen (secondary N) is 2. The number of piperidine rings is 1. The molecule has 0 saturated carbocycles. The Morgan fingerprint density at radius 2 is 2.08 bits per heavy atom. The predicted molar refractivity (Wildman–Crippen MR) is 92.2 cm³/mol. The van der Waals surface area contributed by atoms with E-state index in [-0.39, 0.29) is 11.7 Å². The van der Waals surface area contributed by atoms with Crippen LogP contribution in [-0.4, -0.2) is 39.7 Å². The number of benzene rings is 1. The number of hydrogen-bond donors (Lipinski definition) is 2. The highest BCUT2D eigenvalue weighted by atomic mass is 32.2. The number of thioether (sulfide) groups is 1. The number of nitrogens with zero attached hydrogens (tertiary/aromatic N) is 3. The summed E-state index contributed by atoms with van der Waals surface area (Å²) in [5.41, 5.74) is 1.24. The van der Waals surface area contributed by atoms with E-state index in [9.17, 15) is 13.6 Å². The molecule has 0 radical (unpaired) electrons. The third-order valence-electron chi connectivity index (χ3n) is 4.15. The van der Waals surface area contributed by atoms with E-state index in [1.54, 1.807) is 35.9 Å². The Hall–Kier alpha value is -2.00. The van der Waals surface area contributed by atoms with Crippen LogP contribution in [-0.2, 0) is 0 Å². The summed E-state index contributed by atoms with van der Waals surface area (Å²) in [4.78, 5) is 12.8. The summed E-state index contributed by atoms with van der Waals surface area (Å²) in [6.07, 6.45) is 1.86. The molecule has 0 spiro atoms. The summed E-state index contributed by atoms with van der Waals surface area (Å²) in [6, 6.07) is 6.69. The molecule has 0 unspecified atom stereocenters. The number of hydrogen-bond acceptors (Lipinski definition) is 5. The van der Waals surface area contributed by atoms with Crippen LogP contribution in [0.2, 0.25) is 0 Å². The Morgan fingerprint density at radius 1 is 1.36 bits per heavy atom. The zero-order chi connectivity index (χ0) is 17.8. The average molecular weight is 367 g/mol. The van der Waals surface area contributed by atoms with Gasteiger partial charge in [0.05, 0.1) is 17.4 Å². The number of aromatic nitrogens is 3. The van der Waals surface area contributed by atoms with Gasteiger partial charge in [0.25, 0.3) is 11.7 Å². The highest BCUT2D eigenvalue weighted by molar-refractivity contribution is 7.99. The zero-order valence-corrected chi connectivity index (χ0v) is 14.5. The maximum absolute atomic E-state index is 12.7. The highest BCUT2D eigenvalue weighted by Crippen LogP contribution is 2.32. The van der Waals surface area contributed by atoms with Gasteiger partial charge in [-0.05, 0) is 45.0 Å². The van der Waals surface area contributed by atoms with Gasteiger partial charge in [-0.25, -0.2) is 4.68 Å². The van der Waals surface area contributed by atoms with Crippen molar-refractivity contribution in [2.75, 3.05) is 18.4 Å². The number of carbonyl (C=O) groups is 1. The lowest BCUT2D eigenvalue weighted by atomic mass is 10.1. The maximum Gasteiger partial charge on any atom is 0.288 e. The molecule has 3 rings (SSSR count). The van der Waals surface area contributed by atoms with E-state index in [2.05, 4.69) is 20.9 Å². The van der Waals surface area contributed by atoms with Crippen LogP contribution in [0.15, 0.2) is 29.2 Å². The van der Waals surface area contributed by atoms with Crippen LogP contribution in [0, 0.1) is 6.92 Å². The van der Waals surface area contributed by atoms with E-state index in [0.29, 0.717) is 28.0 Å². The number of carbonyl (C=O) groups excluding carboxylic acids is 1. The van der Waals surface area contributed by atoms with Gasteiger partial charge in [-0.15, -0.1) is 5.10 Å². The standard InChI is InChI=1S/C16H19F2N5OS/c1-10-14(21-22-23(10)11-6-8-19-9-7-11)15(24)20-12-4-2-3-5-13(12)25-16(17)18/h2-5,11,16,19H,6-9H2,1H3,(H,20,24). The molecule has 1 amide bonds. The number of amides is 1. The van der Waals surface area contributed by atoms with Crippen molar-refractivity contribution < 1.29 is 13.6 Å². The number of alkyl halides is 2. The van der Waals surface area contributed by atoms with Crippen molar-refractivity contribution >= 4 is 23.4 Å². The van der Waals surface area contributed by atoms with Crippen molar-refractivity contribution in [2.24, 2.45) is 0 Å². The molecule has 0 atom stereocenters. The van der Waals surface area contributed by atoms with Gasteiger partial charge >= 0.3 is 0 Å². The predicted octanol–water partition coefficient (Wildman–Crippen LogP) is 3.08. The number of halogens is 2. The fourth-order valence-corrected chi connectivity index (χ4v) is 3.49. The third kappa shape index (κ3) is 4.16. The van der Waals surface area contributed by atoms with Crippen LogP contribution in [0.25, 0.3) is 0 Å². The minimum absolute atomic E-state index is 0.218. The van der Waals surface area contributed by atoms with E-state index in [1.165, 1.54) is 0 Å². The first kappa shape index (κ1) is 17.8. The van der Waals surface area contributed by atoms with Gasteiger partial charge in [0.1, 0.15) is 0 Å². The van der Waals surface area contributed by atoms with Gasteiger partial charge in [-0.3, -0.25) is 4.79 Å². The Bertz CT molecular complexity index is 746. The highest BCUT2D eigenvalue weighted by Gasteiger charge is 2.23. The largest absolute Gasteiger partial charge is 0.319 e. The Balaban J connectivity index is 1.77. The topological polar surface area (TPSA) is 71.8 Å². The molecule has 1 aromatic heterocycles. The van der Waals surface area contributed by atoms with E-state index in [0.717, 1.165) is 25.9 Å². The summed E-state index contributed by atoms with van der Waals surface area (Å²) in [6.45, 7) is 3.62. The normalized spacial score (nSPS) is 15.5. The molecule has 2 heterocycles. The SMILES string of the molecule is Cc1c(C(=O)Nc2ccccc2SC(F)F)nnn1C1CCNCC1. The molecule has 6 nitrogen and oxygen atoms in total. The minimum Gasteiger partial charge on any atom is -0.319 e. The first-order valence-corrected chi connectivity index (χ1v) is 8.92. The summed E-state index contributed by atoms with van der Waals surface area (Å²) in [7, 11) is 0. The first-order chi connectivity index (χ1) is 12.1. The van der Waals surface area contributed by atoms with Gasteiger partial charge in [-0.2, -0.15) is 8.78 Å². The molecule has 9 heteroatoms. The average Bonchev–Trinajstić information content (AvgIpc) is 2.98. The molecule has 0 bridgehead atoms. The first-order valence-electron chi connectivity index (χ1n) is 8.04. The molecule has 0 aliphatic carbocycles. The van der Waals surface area contributed by atoms with Gasteiger partial charge in [0, 0.05) is 4.90 Å². The second kappa shape index (κ2) is 7.92. The molecule has 1 aliphatic rings. The molecular formula is C16H19F2N5OS. The third-order valence-corrected chi connectivity index (χ3v) is 4.94. The Kier molecular flexibility index (Phi) is 5.64. The van der Waals surface area contributed by atoms with Crippen LogP contribution in [0.1, 0.15) is 35.1 Å². The Labute approximate surface area is 148 Å². The molecule has 134 valence electrons. The minimum atomic E-state index is -2.56. The smallest absolute Gasteiger partial charge is 0.288 e. The van der Waals surface area contributed by atoms with Crippen molar-refractivity contribution in [2.45, 2.75) is 36.5 Å². The monoisotopic (exact) mass is 367 g/mol. The van der Waals surface area contributed by atoms with Crippen LogP contribution < -0.4 is 10.6 Å². The fraction of sp³-hybridized carbons (Fsp3) is 0.438. The van der Waals surface area contributed by atoms with Crippen molar-refractivity contribution in [3.05, 3.63) is 35.7 Å². The molecule has 1 fully saturated rings. The number of para-hydroxylation sites is 1. The zero-order valence-electron chi connectivity index (χ0n) is 13.7. The van der Waals surface area contributed by atoms with Crippen molar-refractivity contribution in [1.82, 2.24) is 20.3 Å². The van der Waals surface area contributed by atoms with Gasteiger partial charge < -0.3 is 10.6 Å². The van der Waals surface area contributed by atoms with Crippen molar-refractivity contribution in [3.63, 3.8) is 0 Å². The van der Waals surface area contributed by atoms with Gasteiger partial charge in [0.2, 0.25) is 0 Å². The second-order valence-electron chi connectivity index (χ2n) is 5.78. The summed E-state index contributed by atoms with van der Waals surface area (Å²) < 4.78 is 27.1. The van der Waals surface area contributed by atoms with Gasteiger partial charge in [0.15, 0.2) is 5.69 Å². The molecule has 1 aliphatic heterocycles. The Morgan fingerprint density at radius 3 is 2.80 bits per heavy atom. The van der Waals surface area contributed by atoms with Crippen LogP contribution in [0.4, 0.5) is 14.5 Å². The summed E-state index contributed by atoms with van der Waals surface area (Å²) in [5.74, 6) is -3.00. The number of rotatable bonds is 5. The fourth-order valence-electron chi connectivity index (χ4n) is 2.90. The van der Waals surface area contributed by atoms with Crippen LogP contribution in [0.3, 0.4) is 0 Å². The molecular weight excluding hydrogens is 348 g/mol. The van der Waals surface area contributed by atoms with Crippen molar-refractivity contribution in [1.29, 1.82) is 0 Å². The lowest BCUT2D eigenvalue weighted by Crippen LogP contribution is -2.30. The van der Waals surface area contributed by atoms with E-state index >= 15 is 0 Å². The number of anilines is 1. The van der Waals surface area contributed by atoms with E-state index < -0.39 is 11.7 Å². The molecule has 1 saturated heterocycles. The summed E-state index contributed by atoms with van der Waals surface area (Å²) in [5, 5.41) is 14.1. The molecule has 25 heavy (non-hydrogen) atoms. The molecule has 1 aromatic carbocycles. The lowest BCUT2D eigenvalue weighted by molar-refractivity contribution is 0.102. The van der Waals surface area contributed by atoms with Gasteiger partial charge in [-0.1, -0.05) is 29.1 Å². The summed E-state index contributed by atoms with van der Waals surface area (Å²) >= 11 is 0.398. The van der Waals surface area contributed by atoms with E-state index in [1.807, 2.05) is 0 Å². The van der Waals surface area contributed by atoms with Crippen molar-refractivity contribution in [3.8, 4) is 0 Å². The second-order valence-corrected chi connectivity index (χ2v) is 6.81. The maximum atomic E-state index is 12.7. The quantitative estimate of drug-likeness (QED) is 0.795. The molecule has 2 N–H and O–H groups in total. The van der Waals surface area contributed by atoms with Crippen LogP contribution in [0.5, 0.6) is 0 Å².